The second-order valence-electron chi connectivity index (χ2n) is 2.98. The van der Waals surface area contributed by atoms with Crippen LogP contribution in [0, 0.1) is 5.92 Å². The summed E-state index contributed by atoms with van der Waals surface area (Å²) in [7, 11) is 1.28. The molecule has 0 heterocycles. The van der Waals surface area contributed by atoms with Crippen LogP contribution in [0.2, 0.25) is 0 Å². The fourth-order valence-electron chi connectivity index (χ4n) is 1.24. The van der Waals surface area contributed by atoms with Gasteiger partial charge in [0, 0.05) is 6.61 Å². The van der Waals surface area contributed by atoms with Crippen LogP contribution in [0.4, 0.5) is 0 Å². The minimum atomic E-state index is -0.693. The monoisotopic (exact) mass is 202 g/mol. The zero-order valence-corrected chi connectivity index (χ0v) is 9.20. The molecular weight excluding hydrogens is 184 g/mol. The highest BCUT2D eigenvalue weighted by atomic mass is 16.5. The van der Waals surface area contributed by atoms with Gasteiger partial charge in [-0.1, -0.05) is 6.92 Å². The van der Waals surface area contributed by atoms with Crippen LogP contribution in [0.3, 0.4) is 0 Å². The standard InChI is InChI=1S/C10H18O4/c1-5-8(10(12)13-4)9(11)7(3)14-6-2/h7-8H,5-6H2,1-4H3. The van der Waals surface area contributed by atoms with Crippen molar-refractivity contribution in [2.24, 2.45) is 5.92 Å². The second-order valence-corrected chi connectivity index (χ2v) is 2.98. The fraction of sp³-hybridized carbons (Fsp3) is 0.800. The number of methoxy groups -OCH3 is 1. The molecule has 0 aliphatic carbocycles. The van der Waals surface area contributed by atoms with Crippen molar-refractivity contribution < 1.29 is 19.1 Å². The first-order valence-corrected chi connectivity index (χ1v) is 4.81. The van der Waals surface area contributed by atoms with Gasteiger partial charge in [0.05, 0.1) is 7.11 Å². The number of hydrogen-bond acceptors (Lipinski definition) is 4. The average Bonchev–Trinajstić information content (AvgIpc) is 2.18. The van der Waals surface area contributed by atoms with Crippen molar-refractivity contribution in [3.05, 3.63) is 0 Å². The van der Waals surface area contributed by atoms with Gasteiger partial charge in [-0.15, -0.1) is 0 Å². The van der Waals surface area contributed by atoms with Gasteiger partial charge in [0.1, 0.15) is 12.0 Å². The summed E-state index contributed by atoms with van der Waals surface area (Å²) >= 11 is 0. The zero-order valence-electron chi connectivity index (χ0n) is 9.20. The fourth-order valence-corrected chi connectivity index (χ4v) is 1.24. The van der Waals surface area contributed by atoms with E-state index in [1.165, 1.54) is 7.11 Å². The number of carbonyl (C=O) groups excluding carboxylic acids is 2. The Morgan fingerprint density at radius 3 is 2.21 bits per heavy atom. The van der Waals surface area contributed by atoms with Crippen molar-refractivity contribution in [1.29, 1.82) is 0 Å². The maximum absolute atomic E-state index is 11.6. The van der Waals surface area contributed by atoms with E-state index in [9.17, 15) is 9.59 Å². The van der Waals surface area contributed by atoms with E-state index in [4.69, 9.17) is 4.74 Å². The van der Waals surface area contributed by atoms with Crippen molar-refractivity contribution in [3.63, 3.8) is 0 Å². The van der Waals surface area contributed by atoms with E-state index in [0.717, 1.165) is 0 Å². The molecule has 0 saturated heterocycles. The highest BCUT2D eigenvalue weighted by Crippen LogP contribution is 2.11. The third-order valence-electron chi connectivity index (χ3n) is 2.05. The molecule has 2 unspecified atom stereocenters. The van der Waals surface area contributed by atoms with Gasteiger partial charge >= 0.3 is 5.97 Å². The van der Waals surface area contributed by atoms with E-state index >= 15 is 0 Å². The predicted octanol–water partition coefficient (Wildman–Crippen LogP) is 1.18. The van der Waals surface area contributed by atoms with Crippen LogP contribution >= 0.6 is 0 Å². The van der Waals surface area contributed by atoms with E-state index in [-0.39, 0.29) is 5.78 Å². The van der Waals surface area contributed by atoms with Gasteiger partial charge in [-0.05, 0) is 20.3 Å². The first kappa shape index (κ1) is 13.1. The van der Waals surface area contributed by atoms with Crippen LogP contribution in [0.1, 0.15) is 27.2 Å². The Balaban J connectivity index is 4.37. The molecule has 0 saturated carbocycles. The van der Waals surface area contributed by atoms with Gasteiger partial charge in [-0.3, -0.25) is 9.59 Å². The lowest BCUT2D eigenvalue weighted by molar-refractivity contribution is -0.152. The number of ether oxygens (including phenoxy) is 2. The normalized spacial score (nSPS) is 14.6. The summed E-state index contributed by atoms with van der Waals surface area (Å²) in [6.07, 6.45) is -0.0906. The van der Waals surface area contributed by atoms with E-state index in [1.54, 1.807) is 13.8 Å². The number of esters is 1. The molecular formula is C10H18O4. The number of Topliss-reactive ketones (excluding diaryl/α,β-unsaturated/α-hetero) is 1. The average molecular weight is 202 g/mol. The molecule has 0 aliphatic rings. The van der Waals surface area contributed by atoms with Gasteiger partial charge in [0.25, 0.3) is 0 Å². The SMILES string of the molecule is CCOC(C)C(=O)C(CC)C(=O)OC. The minimum absolute atomic E-state index is 0.207. The van der Waals surface area contributed by atoms with Crippen LogP contribution in [-0.2, 0) is 19.1 Å². The molecule has 0 fully saturated rings. The molecule has 4 heteroatoms. The highest BCUT2D eigenvalue weighted by Gasteiger charge is 2.29. The summed E-state index contributed by atoms with van der Waals surface area (Å²) in [5.74, 6) is -1.38. The molecule has 0 aromatic heterocycles. The largest absolute Gasteiger partial charge is 0.468 e. The van der Waals surface area contributed by atoms with Gasteiger partial charge in [-0.25, -0.2) is 0 Å². The Kier molecular flexibility index (Phi) is 6.12. The van der Waals surface area contributed by atoms with Gasteiger partial charge < -0.3 is 9.47 Å². The maximum Gasteiger partial charge on any atom is 0.316 e. The molecule has 0 aliphatic heterocycles. The van der Waals surface area contributed by atoms with Gasteiger partial charge in [0.15, 0.2) is 5.78 Å². The number of ketones is 1. The number of rotatable bonds is 6. The predicted molar refractivity (Wildman–Crippen MR) is 51.9 cm³/mol. The maximum atomic E-state index is 11.6. The molecule has 2 atom stereocenters. The van der Waals surface area contributed by atoms with Crippen molar-refractivity contribution in [1.82, 2.24) is 0 Å². The van der Waals surface area contributed by atoms with Crippen LogP contribution in [0.5, 0.6) is 0 Å². The molecule has 0 N–H and O–H groups in total. The van der Waals surface area contributed by atoms with E-state index in [1.807, 2.05) is 6.92 Å². The molecule has 0 rings (SSSR count). The summed E-state index contributed by atoms with van der Waals surface area (Å²) in [6.45, 7) is 5.70. The molecule has 14 heavy (non-hydrogen) atoms. The zero-order chi connectivity index (χ0) is 11.1. The van der Waals surface area contributed by atoms with Crippen LogP contribution in [0.25, 0.3) is 0 Å². The summed E-state index contributed by atoms with van der Waals surface area (Å²) in [4.78, 5) is 22.8. The summed E-state index contributed by atoms with van der Waals surface area (Å²) < 4.78 is 9.66. The summed E-state index contributed by atoms with van der Waals surface area (Å²) in [5.41, 5.74) is 0. The number of hydrogen-bond donors (Lipinski definition) is 0. The Bertz CT molecular complexity index is 200. The quantitative estimate of drug-likeness (QED) is 0.479. The Morgan fingerprint density at radius 2 is 1.86 bits per heavy atom. The smallest absolute Gasteiger partial charge is 0.316 e. The van der Waals surface area contributed by atoms with Crippen molar-refractivity contribution >= 4 is 11.8 Å². The summed E-state index contributed by atoms with van der Waals surface area (Å²) in [6, 6.07) is 0. The van der Waals surface area contributed by atoms with Crippen LogP contribution < -0.4 is 0 Å². The third-order valence-corrected chi connectivity index (χ3v) is 2.05. The van der Waals surface area contributed by atoms with Crippen LogP contribution in [-0.4, -0.2) is 31.6 Å². The molecule has 4 nitrogen and oxygen atoms in total. The van der Waals surface area contributed by atoms with E-state index in [2.05, 4.69) is 4.74 Å². The first-order chi connectivity index (χ1) is 6.58. The van der Waals surface area contributed by atoms with Gasteiger partial charge in [0.2, 0.25) is 0 Å². The third kappa shape index (κ3) is 3.46. The lowest BCUT2D eigenvalue weighted by Crippen LogP contribution is -2.33. The Hall–Kier alpha value is -0.900. The molecule has 0 amide bonds. The molecule has 0 aromatic carbocycles. The lowest BCUT2D eigenvalue weighted by atomic mass is 9.98. The molecule has 0 spiro atoms. The highest BCUT2D eigenvalue weighted by molar-refractivity contribution is 6.01. The summed E-state index contributed by atoms with van der Waals surface area (Å²) in [5, 5.41) is 0. The molecule has 0 radical (unpaired) electrons. The van der Waals surface area contributed by atoms with E-state index < -0.39 is 18.0 Å². The molecule has 0 bridgehead atoms. The topological polar surface area (TPSA) is 52.6 Å². The Morgan fingerprint density at radius 1 is 1.29 bits per heavy atom. The number of carbonyl (C=O) groups is 2. The van der Waals surface area contributed by atoms with Crippen molar-refractivity contribution in [2.75, 3.05) is 13.7 Å². The molecule has 82 valence electrons. The minimum Gasteiger partial charge on any atom is -0.468 e. The lowest BCUT2D eigenvalue weighted by Gasteiger charge is -2.16. The van der Waals surface area contributed by atoms with Crippen LogP contribution in [0.15, 0.2) is 0 Å². The first-order valence-electron chi connectivity index (χ1n) is 4.81. The Labute approximate surface area is 84.6 Å². The second kappa shape index (κ2) is 6.54. The van der Waals surface area contributed by atoms with E-state index in [0.29, 0.717) is 13.0 Å². The van der Waals surface area contributed by atoms with Crippen molar-refractivity contribution in [2.45, 2.75) is 33.3 Å². The van der Waals surface area contributed by atoms with Gasteiger partial charge in [-0.2, -0.15) is 0 Å². The van der Waals surface area contributed by atoms with Crippen molar-refractivity contribution in [3.8, 4) is 0 Å². The molecule has 0 aromatic rings.